The zero-order valence-electron chi connectivity index (χ0n) is 12.8. The Balaban J connectivity index is 1.73. The van der Waals surface area contributed by atoms with E-state index in [9.17, 15) is 4.79 Å². The number of amides is 1. The Labute approximate surface area is 149 Å². The largest absolute Gasteiger partial charge is 0.345 e. The van der Waals surface area contributed by atoms with E-state index in [1.54, 1.807) is 29.2 Å². The maximum Gasteiger partial charge on any atom is 0.253 e. The Kier molecular flexibility index (Phi) is 4.83. The molecule has 2 aromatic carbocycles. The third-order valence-electron chi connectivity index (χ3n) is 3.62. The van der Waals surface area contributed by atoms with Crippen molar-refractivity contribution in [2.45, 2.75) is 13.0 Å². The summed E-state index contributed by atoms with van der Waals surface area (Å²) in [5, 5.41) is 7.60. The molecule has 1 aromatic heterocycles. The average molecular weight is 361 g/mol. The van der Waals surface area contributed by atoms with Crippen LogP contribution in [0, 0.1) is 0 Å². The van der Waals surface area contributed by atoms with Crippen molar-refractivity contribution in [3.63, 3.8) is 0 Å². The maximum absolute atomic E-state index is 12.4. The molecule has 24 heavy (non-hydrogen) atoms. The Morgan fingerprint density at radius 3 is 2.58 bits per heavy atom. The number of rotatable bonds is 4. The molecule has 122 valence electrons. The van der Waals surface area contributed by atoms with Crippen LogP contribution >= 0.6 is 23.2 Å². The predicted molar refractivity (Wildman–Crippen MR) is 93.7 cm³/mol. The van der Waals surface area contributed by atoms with Crippen molar-refractivity contribution in [3.8, 4) is 5.69 Å². The zero-order chi connectivity index (χ0) is 17.1. The van der Waals surface area contributed by atoms with Crippen molar-refractivity contribution in [2.24, 2.45) is 0 Å². The molecular weight excluding hydrogens is 347 g/mol. The highest BCUT2D eigenvalue weighted by Gasteiger charge is 2.15. The van der Waals surface area contributed by atoms with Crippen molar-refractivity contribution in [1.82, 2.24) is 20.1 Å². The van der Waals surface area contributed by atoms with E-state index in [1.165, 1.54) is 6.33 Å². The lowest BCUT2D eigenvalue weighted by molar-refractivity contribution is 0.0940. The van der Waals surface area contributed by atoms with Gasteiger partial charge in [-0.15, -0.1) is 0 Å². The second-order valence-electron chi connectivity index (χ2n) is 5.23. The third-order valence-corrected chi connectivity index (χ3v) is 4.44. The maximum atomic E-state index is 12.4. The lowest BCUT2D eigenvalue weighted by Gasteiger charge is -2.15. The van der Waals surface area contributed by atoms with Crippen LogP contribution in [0.25, 0.3) is 5.69 Å². The quantitative estimate of drug-likeness (QED) is 0.762. The van der Waals surface area contributed by atoms with Crippen LogP contribution in [0.3, 0.4) is 0 Å². The van der Waals surface area contributed by atoms with Gasteiger partial charge in [-0.25, -0.2) is 9.67 Å². The number of carbonyl (C=O) groups excluding carboxylic acids is 1. The van der Waals surface area contributed by atoms with Gasteiger partial charge in [-0.2, -0.15) is 5.10 Å². The number of nitrogens with zero attached hydrogens (tertiary/aromatic N) is 3. The molecule has 0 spiro atoms. The number of hydrogen-bond donors (Lipinski definition) is 1. The monoisotopic (exact) mass is 360 g/mol. The van der Waals surface area contributed by atoms with Gasteiger partial charge in [0.1, 0.15) is 12.7 Å². The van der Waals surface area contributed by atoms with Gasteiger partial charge in [0.05, 0.1) is 27.3 Å². The predicted octanol–water partition coefficient (Wildman–Crippen LogP) is 4.07. The summed E-state index contributed by atoms with van der Waals surface area (Å²) in [4.78, 5) is 16.3. The van der Waals surface area contributed by atoms with E-state index in [-0.39, 0.29) is 17.0 Å². The Morgan fingerprint density at radius 1 is 1.17 bits per heavy atom. The van der Waals surface area contributed by atoms with E-state index in [2.05, 4.69) is 15.4 Å². The molecular formula is C17H14Cl2N4O. The molecule has 0 saturated carbocycles. The SMILES string of the molecule is CC(NC(=O)c1cccc(Cl)c1Cl)c1ccc(-n2cncn2)cc1. The van der Waals surface area contributed by atoms with Crippen LogP contribution in [-0.4, -0.2) is 20.7 Å². The van der Waals surface area contributed by atoms with E-state index in [4.69, 9.17) is 23.2 Å². The second-order valence-corrected chi connectivity index (χ2v) is 6.01. The molecule has 0 aliphatic carbocycles. The first kappa shape index (κ1) is 16.5. The van der Waals surface area contributed by atoms with Crippen molar-refractivity contribution < 1.29 is 4.79 Å². The van der Waals surface area contributed by atoms with Crippen LogP contribution in [0.15, 0.2) is 55.1 Å². The number of hydrogen-bond acceptors (Lipinski definition) is 3. The standard InChI is InChI=1S/C17H14Cl2N4O/c1-11(22-17(24)14-3-2-4-15(18)16(14)19)12-5-7-13(8-6-12)23-10-20-9-21-23/h2-11H,1H3,(H,22,24). The Hall–Kier alpha value is -2.37. The van der Waals surface area contributed by atoms with Crippen molar-refractivity contribution in [1.29, 1.82) is 0 Å². The fourth-order valence-electron chi connectivity index (χ4n) is 2.29. The van der Waals surface area contributed by atoms with Gasteiger partial charge in [0.25, 0.3) is 5.91 Å². The van der Waals surface area contributed by atoms with Gasteiger partial charge in [0.15, 0.2) is 0 Å². The molecule has 0 bridgehead atoms. The fourth-order valence-corrected chi connectivity index (χ4v) is 2.68. The third kappa shape index (κ3) is 3.42. The van der Waals surface area contributed by atoms with Gasteiger partial charge in [0, 0.05) is 0 Å². The van der Waals surface area contributed by atoms with Crippen molar-refractivity contribution in [3.05, 3.63) is 76.3 Å². The minimum absolute atomic E-state index is 0.183. The summed E-state index contributed by atoms with van der Waals surface area (Å²) in [5.74, 6) is -0.268. The van der Waals surface area contributed by atoms with Gasteiger partial charge in [-0.1, -0.05) is 41.4 Å². The molecule has 0 radical (unpaired) electrons. The molecule has 1 atom stereocenters. The highest BCUT2D eigenvalue weighted by atomic mass is 35.5. The smallest absolute Gasteiger partial charge is 0.253 e. The van der Waals surface area contributed by atoms with Gasteiger partial charge in [-0.05, 0) is 36.8 Å². The summed E-state index contributed by atoms with van der Waals surface area (Å²) in [6, 6.07) is 12.5. The zero-order valence-corrected chi connectivity index (χ0v) is 14.3. The van der Waals surface area contributed by atoms with E-state index < -0.39 is 0 Å². The minimum Gasteiger partial charge on any atom is -0.345 e. The number of benzene rings is 2. The van der Waals surface area contributed by atoms with Crippen LogP contribution in [0.5, 0.6) is 0 Å². The molecule has 3 rings (SSSR count). The molecule has 7 heteroatoms. The summed E-state index contributed by atoms with van der Waals surface area (Å²) in [6.45, 7) is 1.90. The molecule has 5 nitrogen and oxygen atoms in total. The summed E-state index contributed by atoms with van der Waals surface area (Å²) in [7, 11) is 0. The van der Waals surface area contributed by atoms with E-state index >= 15 is 0 Å². The highest BCUT2D eigenvalue weighted by molar-refractivity contribution is 6.43. The van der Waals surface area contributed by atoms with Crippen LogP contribution < -0.4 is 5.32 Å². The molecule has 1 N–H and O–H groups in total. The van der Waals surface area contributed by atoms with E-state index in [1.807, 2.05) is 31.2 Å². The number of aromatic nitrogens is 3. The molecule has 0 fully saturated rings. The molecule has 3 aromatic rings. The molecule has 0 saturated heterocycles. The minimum atomic E-state index is -0.268. The van der Waals surface area contributed by atoms with Gasteiger partial charge >= 0.3 is 0 Å². The first-order valence-electron chi connectivity index (χ1n) is 7.26. The Bertz CT molecular complexity index is 848. The second kappa shape index (κ2) is 7.03. The van der Waals surface area contributed by atoms with Gasteiger partial charge in [-0.3, -0.25) is 4.79 Å². The Morgan fingerprint density at radius 2 is 1.92 bits per heavy atom. The van der Waals surface area contributed by atoms with Crippen molar-refractivity contribution >= 4 is 29.1 Å². The lowest BCUT2D eigenvalue weighted by atomic mass is 10.1. The lowest BCUT2D eigenvalue weighted by Crippen LogP contribution is -2.26. The van der Waals surface area contributed by atoms with Crippen LogP contribution in [0.4, 0.5) is 0 Å². The van der Waals surface area contributed by atoms with Crippen molar-refractivity contribution in [2.75, 3.05) is 0 Å². The van der Waals surface area contributed by atoms with Crippen LogP contribution in [-0.2, 0) is 0 Å². The van der Waals surface area contributed by atoms with E-state index in [0.717, 1.165) is 11.3 Å². The van der Waals surface area contributed by atoms with Gasteiger partial charge in [0.2, 0.25) is 0 Å². The first-order chi connectivity index (χ1) is 11.6. The molecule has 1 amide bonds. The summed E-state index contributed by atoms with van der Waals surface area (Å²) in [5.41, 5.74) is 2.22. The summed E-state index contributed by atoms with van der Waals surface area (Å²) >= 11 is 12.0. The topological polar surface area (TPSA) is 59.8 Å². The molecule has 1 unspecified atom stereocenters. The fraction of sp³-hybridized carbons (Fsp3) is 0.118. The molecule has 0 aliphatic heterocycles. The summed E-state index contributed by atoms with van der Waals surface area (Å²) < 4.78 is 1.67. The number of halogens is 2. The number of nitrogens with one attached hydrogen (secondary N) is 1. The van der Waals surface area contributed by atoms with Crippen LogP contribution in [0.1, 0.15) is 28.9 Å². The summed E-state index contributed by atoms with van der Waals surface area (Å²) in [6.07, 6.45) is 3.10. The van der Waals surface area contributed by atoms with Crippen LogP contribution in [0.2, 0.25) is 10.0 Å². The first-order valence-corrected chi connectivity index (χ1v) is 8.01. The highest BCUT2D eigenvalue weighted by Crippen LogP contribution is 2.26. The molecule has 1 heterocycles. The molecule has 0 aliphatic rings. The van der Waals surface area contributed by atoms with Gasteiger partial charge < -0.3 is 5.32 Å². The number of carbonyl (C=O) groups is 1. The average Bonchev–Trinajstić information content (AvgIpc) is 3.12. The van der Waals surface area contributed by atoms with E-state index in [0.29, 0.717) is 10.6 Å². The normalized spacial score (nSPS) is 12.0.